The van der Waals surface area contributed by atoms with E-state index in [1.807, 2.05) is 60.7 Å². The molecule has 0 radical (unpaired) electrons. The van der Waals surface area contributed by atoms with Crippen molar-refractivity contribution >= 4 is 0 Å². The average molecular weight is 366 g/mol. The van der Waals surface area contributed by atoms with Crippen LogP contribution in [0, 0.1) is 0 Å². The normalized spacial score (nSPS) is 10.9. The molecule has 134 valence electrons. The van der Waals surface area contributed by atoms with E-state index >= 15 is 0 Å². The van der Waals surface area contributed by atoms with Gasteiger partial charge in [0.15, 0.2) is 11.5 Å². The summed E-state index contributed by atoms with van der Waals surface area (Å²) in [6.07, 6.45) is 6.83. The van der Waals surface area contributed by atoms with Gasteiger partial charge in [-0.2, -0.15) is 0 Å². The highest BCUT2D eigenvalue weighted by atomic mass is 16.4. The minimum absolute atomic E-state index is 0.495. The van der Waals surface area contributed by atoms with E-state index in [0.717, 1.165) is 11.1 Å². The van der Waals surface area contributed by atoms with Gasteiger partial charge >= 0.3 is 0 Å². The molecule has 6 heteroatoms. The molecule has 0 saturated carbocycles. The monoisotopic (exact) mass is 366 g/mol. The Morgan fingerprint density at radius 1 is 0.500 bits per heavy atom. The molecule has 0 unspecified atom stereocenters. The maximum absolute atomic E-state index is 5.85. The standard InChI is InChI=1S/C22H14N4O2/c1-3-11-23-17(5-1)21-25-13-19(27-21)15-7-9-16(10-8-15)20-14-26-22(28-20)18-6-2-4-12-24-18/h1-14H. The van der Waals surface area contributed by atoms with Crippen molar-refractivity contribution in [3.8, 4) is 45.8 Å². The van der Waals surface area contributed by atoms with Crippen molar-refractivity contribution in [2.75, 3.05) is 0 Å². The zero-order valence-corrected chi connectivity index (χ0v) is 14.7. The maximum atomic E-state index is 5.85. The van der Waals surface area contributed by atoms with Crippen LogP contribution in [0.2, 0.25) is 0 Å². The molecule has 0 amide bonds. The number of rotatable bonds is 4. The number of hydrogen-bond acceptors (Lipinski definition) is 6. The summed E-state index contributed by atoms with van der Waals surface area (Å²) in [4.78, 5) is 17.1. The minimum atomic E-state index is 0.495. The van der Waals surface area contributed by atoms with Gasteiger partial charge in [0.25, 0.3) is 0 Å². The summed E-state index contributed by atoms with van der Waals surface area (Å²) in [6.45, 7) is 0. The topological polar surface area (TPSA) is 77.8 Å². The Morgan fingerprint density at radius 3 is 1.36 bits per heavy atom. The van der Waals surface area contributed by atoms with Gasteiger partial charge in [0, 0.05) is 23.5 Å². The number of oxazole rings is 2. The van der Waals surface area contributed by atoms with Crippen LogP contribution in [0.15, 0.2) is 94.3 Å². The highest BCUT2D eigenvalue weighted by Crippen LogP contribution is 2.29. The number of aromatic nitrogens is 4. The molecule has 0 saturated heterocycles. The fourth-order valence-electron chi connectivity index (χ4n) is 2.83. The van der Waals surface area contributed by atoms with Crippen LogP contribution in [-0.4, -0.2) is 19.9 Å². The first-order valence-corrected chi connectivity index (χ1v) is 8.72. The maximum Gasteiger partial charge on any atom is 0.245 e. The highest BCUT2D eigenvalue weighted by molar-refractivity contribution is 5.66. The molecule has 4 aromatic heterocycles. The Morgan fingerprint density at radius 2 is 0.964 bits per heavy atom. The van der Waals surface area contributed by atoms with Gasteiger partial charge in [0.1, 0.15) is 11.4 Å². The molecule has 0 aliphatic rings. The zero-order chi connectivity index (χ0) is 18.8. The van der Waals surface area contributed by atoms with E-state index < -0.39 is 0 Å². The lowest BCUT2D eigenvalue weighted by molar-refractivity contribution is 0.584. The lowest BCUT2D eigenvalue weighted by Crippen LogP contribution is -1.80. The lowest BCUT2D eigenvalue weighted by atomic mass is 10.1. The van der Waals surface area contributed by atoms with Crippen LogP contribution in [0.4, 0.5) is 0 Å². The Balaban J connectivity index is 1.40. The average Bonchev–Trinajstić information content (AvgIpc) is 3.46. The third kappa shape index (κ3) is 3.07. The van der Waals surface area contributed by atoms with Crippen molar-refractivity contribution in [1.29, 1.82) is 0 Å². The van der Waals surface area contributed by atoms with Crippen molar-refractivity contribution in [3.63, 3.8) is 0 Å². The fourth-order valence-corrected chi connectivity index (χ4v) is 2.83. The molecule has 6 nitrogen and oxygen atoms in total. The predicted molar refractivity (Wildman–Crippen MR) is 104 cm³/mol. The van der Waals surface area contributed by atoms with Crippen LogP contribution >= 0.6 is 0 Å². The summed E-state index contributed by atoms with van der Waals surface area (Å²) < 4.78 is 11.7. The van der Waals surface area contributed by atoms with Crippen LogP contribution < -0.4 is 0 Å². The molecule has 4 heterocycles. The van der Waals surface area contributed by atoms with Gasteiger partial charge in [0.2, 0.25) is 11.8 Å². The van der Waals surface area contributed by atoms with E-state index in [9.17, 15) is 0 Å². The summed E-state index contributed by atoms with van der Waals surface area (Å²) in [6, 6.07) is 19.1. The van der Waals surface area contributed by atoms with Crippen molar-refractivity contribution in [1.82, 2.24) is 19.9 Å². The van der Waals surface area contributed by atoms with Gasteiger partial charge in [-0.05, 0) is 24.3 Å². The van der Waals surface area contributed by atoms with Crippen LogP contribution in [0.3, 0.4) is 0 Å². The van der Waals surface area contributed by atoms with E-state index in [1.165, 1.54) is 0 Å². The van der Waals surface area contributed by atoms with Crippen LogP contribution in [-0.2, 0) is 0 Å². The molecule has 5 aromatic rings. The molecule has 0 spiro atoms. The summed E-state index contributed by atoms with van der Waals surface area (Å²) in [5.41, 5.74) is 3.24. The fraction of sp³-hybridized carbons (Fsp3) is 0. The summed E-state index contributed by atoms with van der Waals surface area (Å²) in [5, 5.41) is 0. The second-order valence-electron chi connectivity index (χ2n) is 6.07. The van der Waals surface area contributed by atoms with E-state index in [0.29, 0.717) is 34.7 Å². The number of nitrogens with zero attached hydrogens (tertiary/aromatic N) is 4. The molecule has 0 fully saturated rings. The van der Waals surface area contributed by atoms with Crippen LogP contribution in [0.5, 0.6) is 0 Å². The minimum Gasteiger partial charge on any atom is -0.435 e. The van der Waals surface area contributed by atoms with Gasteiger partial charge in [-0.25, -0.2) is 9.97 Å². The molecular weight excluding hydrogens is 352 g/mol. The second-order valence-corrected chi connectivity index (χ2v) is 6.07. The highest BCUT2D eigenvalue weighted by Gasteiger charge is 2.12. The summed E-state index contributed by atoms with van der Waals surface area (Å²) >= 11 is 0. The van der Waals surface area contributed by atoms with E-state index in [4.69, 9.17) is 8.83 Å². The van der Waals surface area contributed by atoms with Gasteiger partial charge in [-0.3, -0.25) is 9.97 Å². The third-order valence-electron chi connectivity index (χ3n) is 4.23. The van der Waals surface area contributed by atoms with Crippen LogP contribution in [0.25, 0.3) is 45.8 Å². The SMILES string of the molecule is c1ccc(-c2ncc(-c3ccc(-c4cnc(-c5ccccn5)o4)cc3)o2)nc1. The van der Waals surface area contributed by atoms with Crippen LogP contribution in [0.1, 0.15) is 0 Å². The first kappa shape index (κ1) is 16.1. The molecule has 0 aliphatic carbocycles. The Labute approximate surface area is 160 Å². The van der Waals surface area contributed by atoms with E-state index in [-0.39, 0.29) is 0 Å². The lowest BCUT2D eigenvalue weighted by Gasteiger charge is -1.99. The number of hydrogen-bond donors (Lipinski definition) is 0. The van der Waals surface area contributed by atoms with E-state index in [1.54, 1.807) is 24.8 Å². The predicted octanol–water partition coefficient (Wildman–Crippen LogP) is 5.12. The Hall–Kier alpha value is -4.06. The smallest absolute Gasteiger partial charge is 0.245 e. The molecule has 5 rings (SSSR count). The second kappa shape index (κ2) is 6.92. The van der Waals surface area contributed by atoms with E-state index in [2.05, 4.69) is 19.9 Å². The summed E-state index contributed by atoms with van der Waals surface area (Å²) in [5.74, 6) is 2.35. The zero-order valence-electron chi connectivity index (χ0n) is 14.7. The quantitative estimate of drug-likeness (QED) is 0.439. The van der Waals surface area contributed by atoms with Crippen molar-refractivity contribution < 1.29 is 8.83 Å². The molecule has 0 aliphatic heterocycles. The van der Waals surface area contributed by atoms with Gasteiger partial charge in [0.05, 0.1) is 12.4 Å². The van der Waals surface area contributed by atoms with Crippen molar-refractivity contribution in [2.45, 2.75) is 0 Å². The molecular formula is C22H14N4O2. The molecule has 0 N–H and O–H groups in total. The Kier molecular flexibility index (Phi) is 3.99. The van der Waals surface area contributed by atoms with Gasteiger partial charge in [-0.15, -0.1) is 0 Å². The molecule has 0 atom stereocenters. The summed E-state index contributed by atoms with van der Waals surface area (Å²) in [7, 11) is 0. The first-order chi connectivity index (χ1) is 13.9. The molecule has 28 heavy (non-hydrogen) atoms. The third-order valence-corrected chi connectivity index (χ3v) is 4.23. The first-order valence-electron chi connectivity index (χ1n) is 8.72. The van der Waals surface area contributed by atoms with Crippen molar-refractivity contribution in [3.05, 3.63) is 85.5 Å². The molecule has 1 aromatic carbocycles. The van der Waals surface area contributed by atoms with Gasteiger partial charge in [-0.1, -0.05) is 36.4 Å². The van der Waals surface area contributed by atoms with Crippen molar-refractivity contribution in [2.24, 2.45) is 0 Å². The Bertz CT molecular complexity index is 1100. The van der Waals surface area contributed by atoms with Gasteiger partial charge < -0.3 is 8.83 Å². The number of benzene rings is 1. The largest absolute Gasteiger partial charge is 0.435 e. The number of pyridine rings is 2. The molecule has 0 bridgehead atoms.